The van der Waals surface area contributed by atoms with Crippen molar-refractivity contribution in [2.24, 2.45) is 0 Å². The summed E-state index contributed by atoms with van der Waals surface area (Å²) >= 11 is 0. The van der Waals surface area contributed by atoms with Crippen LogP contribution in [-0.2, 0) is 26.2 Å². The summed E-state index contributed by atoms with van der Waals surface area (Å²) in [7, 11) is -3.68. The topological polar surface area (TPSA) is 125 Å². The number of carbonyl (C=O) groups is 3. The summed E-state index contributed by atoms with van der Waals surface area (Å²) < 4.78 is 38.7. The molecule has 0 radical (unpaired) electrons. The van der Waals surface area contributed by atoms with Crippen molar-refractivity contribution in [2.75, 3.05) is 29.4 Å². The van der Waals surface area contributed by atoms with Crippen LogP contribution in [0.5, 0.6) is 0 Å². The Kier molecular flexibility index (Phi) is 8.30. The SMILES string of the molecule is CCN(CC(=O)NCc1ccc(F)cc1)C(=O)c1cc(NC(C)=O)ccc1NS(C)(=O)=O. The van der Waals surface area contributed by atoms with Gasteiger partial charge in [-0.05, 0) is 42.8 Å². The van der Waals surface area contributed by atoms with E-state index in [-0.39, 0.29) is 42.6 Å². The van der Waals surface area contributed by atoms with Crippen molar-refractivity contribution in [2.45, 2.75) is 20.4 Å². The molecular weight excluding hydrogens is 439 g/mol. The molecule has 0 saturated heterocycles. The highest BCUT2D eigenvalue weighted by Crippen LogP contribution is 2.23. The van der Waals surface area contributed by atoms with Crippen molar-refractivity contribution in [3.63, 3.8) is 0 Å². The minimum Gasteiger partial charge on any atom is -0.350 e. The summed E-state index contributed by atoms with van der Waals surface area (Å²) in [5, 5.41) is 5.19. The lowest BCUT2D eigenvalue weighted by Gasteiger charge is -2.22. The second-order valence-electron chi connectivity index (χ2n) is 7.04. The van der Waals surface area contributed by atoms with Crippen LogP contribution in [0.1, 0.15) is 29.8 Å². The zero-order valence-corrected chi connectivity index (χ0v) is 18.8. The summed E-state index contributed by atoms with van der Waals surface area (Å²) in [6.07, 6.45) is 0.948. The quantitative estimate of drug-likeness (QED) is 0.523. The van der Waals surface area contributed by atoms with Crippen LogP contribution in [0.25, 0.3) is 0 Å². The molecule has 0 aromatic heterocycles. The second kappa shape index (κ2) is 10.7. The van der Waals surface area contributed by atoms with Gasteiger partial charge in [0, 0.05) is 25.7 Å². The molecule has 0 aliphatic rings. The predicted molar refractivity (Wildman–Crippen MR) is 119 cm³/mol. The van der Waals surface area contributed by atoms with Crippen LogP contribution < -0.4 is 15.4 Å². The first-order valence-corrected chi connectivity index (χ1v) is 11.6. The Morgan fingerprint density at radius 2 is 1.72 bits per heavy atom. The molecule has 2 rings (SSSR count). The number of likely N-dealkylation sites (N-methyl/N-ethyl adjacent to an activating group) is 1. The minimum atomic E-state index is -3.68. The maximum atomic E-state index is 13.1. The molecule has 0 spiro atoms. The Morgan fingerprint density at radius 1 is 1.06 bits per heavy atom. The number of sulfonamides is 1. The van der Waals surface area contributed by atoms with Crippen molar-refractivity contribution >= 4 is 39.1 Å². The van der Waals surface area contributed by atoms with Crippen molar-refractivity contribution < 1.29 is 27.2 Å². The lowest BCUT2D eigenvalue weighted by Crippen LogP contribution is -2.40. The molecule has 0 heterocycles. The largest absolute Gasteiger partial charge is 0.350 e. The number of hydrogen-bond acceptors (Lipinski definition) is 5. The van der Waals surface area contributed by atoms with E-state index in [1.807, 2.05) is 0 Å². The van der Waals surface area contributed by atoms with Gasteiger partial charge in [-0.1, -0.05) is 12.1 Å². The molecule has 9 nitrogen and oxygen atoms in total. The van der Waals surface area contributed by atoms with Crippen LogP contribution in [0, 0.1) is 5.82 Å². The van der Waals surface area contributed by atoms with Gasteiger partial charge in [-0.2, -0.15) is 0 Å². The van der Waals surface area contributed by atoms with E-state index in [2.05, 4.69) is 15.4 Å². The zero-order valence-electron chi connectivity index (χ0n) is 17.9. The monoisotopic (exact) mass is 464 g/mol. The molecule has 0 atom stereocenters. The highest BCUT2D eigenvalue weighted by atomic mass is 32.2. The standard InChI is InChI=1S/C21H25FN4O5S/c1-4-26(13-20(28)23-12-15-5-7-16(22)8-6-15)21(29)18-11-17(24-14(2)27)9-10-19(18)25-32(3,30)31/h5-11,25H,4,12-13H2,1-3H3,(H,23,28)(H,24,27). The average Bonchev–Trinajstić information content (AvgIpc) is 2.70. The Balaban J connectivity index is 2.19. The van der Waals surface area contributed by atoms with Gasteiger partial charge in [0.15, 0.2) is 0 Å². The Labute approximate surface area is 186 Å². The first-order chi connectivity index (χ1) is 15.0. The highest BCUT2D eigenvalue weighted by Gasteiger charge is 2.22. The van der Waals surface area contributed by atoms with Crippen LogP contribution in [0.3, 0.4) is 0 Å². The third kappa shape index (κ3) is 7.65. The molecule has 3 N–H and O–H groups in total. The fourth-order valence-electron chi connectivity index (χ4n) is 2.82. The summed E-state index contributed by atoms with van der Waals surface area (Å²) in [6.45, 7) is 3.02. The van der Waals surface area contributed by atoms with Gasteiger partial charge in [0.2, 0.25) is 21.8 Å². The maximum absolute atomic E-state index is 13.1. The lowest BCUT2D eigenvalue weighted by molar-refractivity contribution is -0.122. The highest BCUT2D eigenvalue weighted by molar-refractivity contribution is 7.92. The molecule has 0 aliphatic carbocycles. The number of carbonyl (C=O) groups excluding carboxylic acids is 3. The Bertz CT molecular complexity index is 1100. The lowest BCUT2D eigenvalue weighted by atomic mass is 10.1. The molecule has 172 valence electrons. The Hall–Kier alpha value is -3.47. The predicted octanol–water partition coefficient (Wildman–Crippen LogP) is 1.93. The summed E-state index contributed by atoms with van der Waals surface area (Å²) in [4.78, 5) is 38.1. The molecule has 11 heteroatoms. The van der Waals surface area contributed by atoms with Gasteiger partial charge in [0.05, 0.1) is 24.1 Å². The number of rotatable bonds is 9. The van der Waals surface area contributed by atoms with Gasteiger partial charge in [0.1, 0.15) is 5.82 Å². The summed E-state index contributed by atoms with van der Waals surface area (Å²) in [6, 6.07) is 9.79. The van der Waals surface area contributed by atoms with E-state index < -0.39 is 21.8 Å². The fourth-order valence-corrected chi connectivity index (χ4v) is 3.40. The van der Waals surface area contributed by atoms with E-state index in [1.54, 1.807) is 6.92 Å². The van der Waals surface area contributed by atoms with Crippen molar-refractivity contribution in [1.29, 1.82) is 0 Å². The molecule has 0 saturated carbocycles. The molecule has 0 fully saturated rings. The molecule has 3 amide bonds. The normalized spacial score (nSPS) is 10.9. The molecule has 2 aromatic rings. The van der Waals surface area contributed by atoms with E-state index in [0.717, 1.165) is 6.26 Å². The van der Waals surface area contributed by atoms with Crippen LogP contribution in [-0.4, -0.2) is 50.4 Å². The second-order valence-corrected chi connectivity index (χ2v) is 8.79. The summed E-state index contributed by atoms with van der Waals surface area (Å²) in [5.41, 5.74) is 1.00. The third-order valence-electron chi connectivity index (χ3n) is 4.27. The summed E-state index contributed by atoms with van der Waals surface area (Å²) in [5.74, 6) is -1.79. The number of anilines is 2. The van der Waals surface area contributed by atoms with E-state index in [0.29, 0.717) is 11.3 Å². The van der Waals surface area contributed by atoms with Crippen LogP contribution >= 0.6 is 0 Å². The van der Waals surface area contributed by atoms with Gasteiger partial charge in [-0.25, -0.2) is 12.8 Å². The number of nitrogens with zero attached hydrogens (tertiary/aromatic N) is 1. The van der Waals surface area contributed by atoms with Gasteiger partial charge in [-0.3, -0.25) is 19.1 Å². The molecule has 0 aliphatic heterocycles. The minimum absolute atomic E-state index is 0.0186. The van der Waals surface area contributed by atoms with E-state index in [4.69, 9.17) is 0 Å². The van der Waals surface area contributed by atoms with Gasteiger partial charge in [0.25, 0.3) is 5.91 Å². The van der Waals surface area contributed by atoms with E-state index in [1.165, 1.54) is 54.3 Å². The average molecular weight is 465 g/mol. The zero-order chi connectivity index (χ0) is 23.9. The molecule has 2 aromatic carbocycles. The van der Waals surface area contributed by atoms with Crippen LogP contribution in [0.4, 0.5) is 15.8 Å². The Morgan fingerprint density at radius 3 is 2.28 bits per heavy atom. The van der Waals surface area contributed by atoms with Gasteiger partial charge >= 0.3 is 0 Å². The molecule has 32 heavy (non-hydrogen) atoms. The number of benzene rings is 2. The molecule has 0 unspecified atom stereocenters. The van der Waals surface area contributed by atoms with Crippen molar-refractivity contribution in [3.05, 3.63) is 59.4 Å². The third-order valence-corrected chi connectivity index (χ3v) is 4.86. The smallest absolute Gasteiger partial charge is 0.256 e. The number of hydrogen-bond donors (Lipinski definition) is 3. The van der Waals surface area contributed by atoms with Crippen molar-refractivity contribution in [3.8, 4) is 0 Å². The molecule has 0 bridgehead atoms. The number of halogens is 1. The van der Waals surface area contributed by atoms with Crippen molar-refractivity contribution in [1.82, 2.24) is 10.2 Å². The molecular formula is C21H25FN4O5S. The van der Waals surface area contributed by atoms with Gasteiger partial charge in [-0.15, -0.1) is 0 Å². The van der Waals surface area contributed by atoms with Crippen LogP contribution in [0.15, 0.2) is 42.5 Å². The first-order valence-electron chi connectivity index (χ1n) is 9.68. The van der Waals surface area contributed by atoms with Gasteiger partial charge < -0.3 is 15.5 Å². The fraction of sp³-hybridized carbons (Fsp3) is 0.286. The number of nitrogens with one attached hydrogen (secondary N) is 3. The number of amides is 3. The first kappa shape index (κ1) is 24.8. The maximum Gasteiger partial charge on any atom is 0.256 e. The van der Waals surface area contributed by atoms with E-state index >= 15 is 0 Å². The van der Waals surface area contributed by atoms with E-state index in [9.17, 15) is 27.2 Å². The van der Waals surface area contributed by atoms with Crippen LogP contribution in [0.2, 0.25) is 0 Å².